The number of hydrogen-bond donors (Lipinski definition) is 0. The molecule has 0 amide bonds. The minimum Gasteiger partial charge on any atom is -0.225 e. The van der Waals surface area contributed by atoms with Crippen molar-refractivity contribution in [3.63, 3.8) is 0 Å². The summed E-state index contributed by atoms with van der Waals surface area (Å²) in [5.74, 6) is 2.38. The molecule has 0 aliphatic rings. The molecule has 0 radical (unpaired) electrons. The van der Waals surface area contributed by atoms with Crippen LogP contribution in [0.5, 0.6) is 0 Å². The molecule has 18 rings (SSSR count). The second-order valence-corrected chi connectivity index (χ2v) is 27.5. The monoisotopic (exact) mass is 1310 g/mol. The number of imidazole rings is 4. The lowest BCUT2D eigenvalue weighted by Gasteiger charge is -2.12. The van der Waals surface area contributed by atoms with Crippen LogP contribution in [-0.2, 0) is 28.2 Å². The highest BCUT2D eigenvalue weighted by Crippen LogP contribution is 2.39. The number of rotatable bonds is 4. The van der Waals surface area contributed by atoms with Crippen molar-refractivity contribution >= 4 is 99.0 Å². The van der Waals surface area contributed by atoms with E-state index in [0.717, 1.165) is 33.8 Å². The molecule has 0 saturated carbocycles. The molecule has 0 saturated heterocycles. The van der Waals surface area contributed by atoms with Gasteiger partial charge in [-0.15, -0.1) is 0 Å². The third kappa shape index (κ3) is 10.4. The molecule has 0 fully saturated rings. The van der Waals surface area contributed by atoms with Crippen molar-refractivity contribution in [1.29, 1.82) is 0 Å². The third-order valence-corrected chi connectivity index (χ3v) is 21.3. The zero-order chi connectivity index (χ0) is 69.7. The van der Waals surface area contributed by atoms with Crippen LogP contribution >= 0.6 is 0 Å². The second kappa shape index (κ2) is 25.3. The Morgan fingerprint density at radius 3 is 1.18 bits per heavy atom. The molecule has 8 heterocycles. The van der Waals surface area contributed by atoms with E-state index in [-0.39, 0.29) is 0 Å². The van der Waals surface area contributed by atoms with Gasteiger partial charge in [-0.1, -0.05) is 121 Å². The minimum absolute atomic E-state index is 0.977. The average molecular weight is 1310 g/mol. The van der Waals surface area contributed by atoms with Crippen LogP contribution in [0, 0.1) is 83.1 Å². The Morgan fingerprint density at radius 2 is 0.650 bits per heavy atom. The van der Waals surface area contributed by atoms with Gasteiger partial charge < -0.3 is 0 Å². The Kier molecular flexibility index (Phi) is 16.3. The smallest absolute Gasteiger partial charge is 0.225 e. The number of fused-ring (bicyclic) bond motifs is 18. The maximum Gasteiger partial charge on any atom is 0.297 e. The molecule has 10 nitrogen and oxygen atoms in total. The summed E-state index contributed by atoms with van der Waals surface area (Å²) < 4.78 is 18.6. The van der Waals surface area contributed by atoms with Crippen molar-refractivity contribution in [2.75, 3.05) is 0 Å². The summed E-state index contributed by atoms with van der Waals surface area (Å²) in [6.45, 7) is 26.5. The summed E-state index contributed by atoms with van der Waals surface area (Å²) in [6, 6.07) is 77.8. The summed E-state index contributed by atoms with van der Waals surface area (Å²) in [7, 11) is 8.61. The highest BCUT2D eigenvalue weighted by Gasteiger charge is 2.32. The highest BCUT2D eigenvalue weighted by atomic mass is 15.2. The van der Waals surface area contributed by atoms with Gasteiger partial charge in [0.05, 0.1) is 50.1 Å². The molecule has 0 bridgehead atoms. The summed E-state index contributed by atoms with van der Waals surface area (Å²) in [6.07, 6.45) is 3.74. The topological polar surface area (TPSA) is 60.0 Å². The molecule has 0 spiro atoms. The molecule has 18 aromatic rings. The zero-order valence-corrected chi connectivity index (χ0v) is 60.4. The Labute approximate surface area is 584 Å². The van der Waals surface area contributed by atoms with Gasteiger partial charge in [-0.2, -0.15) is 17.9 Å². The minimum atomic E-state index is 0.977. The molecule has 0 aliphatic heterocycles. The van der Waals surface area contributed by atoms with E-state index in [1.54, 1.807) is 0 Å². The van der Waals surface area contributed by atoms with Crippen LogP contribution in [0.1, 0.15) is 66.8 Å². The molecule has 0 N–H and O–H groups in total. The summed E-state index contributed by atoms with van der Waals surface area (Å²) in [5.41, 5.74) is 35.0. The van der Waals surface area contributed by atoms with Gasteiger partial charge in [-0.05, 0) is 247 Å². The van der Waals surface area contributed by atoms with Crippen LogP contribution in [0.15, 0.2) is 231 Å². The summed E-state index contributed by atoms with van der Waals surface area (Å²) in [4.78, 5) is 9.38. The highest BCUT2D eigenvalue weighted by molar-refractivity contribution is 6.16. The van der Waals surface area contributed by atoms with Gasteiger partial charge in [0.2, 0.25) is 0 Å². The largest absolute Gasteiger partial charge is 0.297 e. The van der Waals surface area contributed by atoms with Crippen LogP contribution in [-0.4, -0.2) is 27.9 Å². The quantitative estimate of drug-likeness (QED) is 0.130. The van der Waals surface area contributed by atoms with Gasteiger partial charge in [0.25, 0.3) is 34.2 Å². The SMILES string of the molecule is Cc1cc(C)c(C)c(-c2n(-c3ccccc3)c3ccccc3[n+]2C)c1.Cc1cc(C)c(C)c(-c2n(-c3ccccc3)c3ncccc3[n+]2C)c1.Cc1cc(C)c2c3ccccc3n3c4ccccc4[n+](C)c3c2c1C.Cc1cc(C)c2c3ccccc3n3c4ncccc4[n+](C)c3c2c1C. The van der Waals surface area contributed by atoms with E-state index in [2.05, 4.69) is 353 Å². The maximum atomic E-state index is 4.70. The van der Waals surface area contributed by atoms with Crippen LogP contribution in [0.4, 0.5) is 0 Å². The molecular weight excluding hydrogens is 1220 g/mol. The van der Waals surface area contributed by atoms with E-state index in [0.29, 0.717) is 0 Å². The van der Waals surface area contributed by atoms with Gasteiger partial charge in [0, 0.05) is 33.9 Å². The molecular formula is C90H86N10+4. The number of benzene rings is 10. The number of para-hydroxylation sites is 8. The lowest BCUT2D eigenvalue weighted by Crippen LogP contribution is -2.30. The molecule has 0 aliphatic carbocycles. The van der Waals surface area contributed by atoms with Crippen molar-refractivity contribution < 1.29 is 18.3 Å². The Bertz CT molecular complexity index is 5950. The van der Waals surface area contributed by atoms with Crippen LogP contribution in [0.25, 0.3) is 133 Å². The number of pyridine rings is 4. The first-order chi connectivity index (χ1) is 48.3. The normalized spacial score (nSPS) is 11.6. The predicted octanol–water partition coefficient (Wildman–Crippen LogP) is 19.2. The third-order valence-electron chi connectivity index (χ3n) is 21.3. The van der Waals surface area contributed by atoms with Gasteiger partial charge in [0.15, 0.2) is 33.1 Å². The van der Waals surface area contributed by atoms with Crippen LogP contribution < -0.4 is 18.3 Å². The van der Waals surface area contributed by atoms with Gasteiger partial charge in [-0.3, -0.25) is 0 Å². The fourth-order valence-corrected chi connectivity index (χ4v) is 16.0. The lowest BCUT2D eigenvalue weighted by atomic mass is 9.94. The Hall–Kier alpha value is -11.6. The van der Waals surface area contributed by atoms with E-state index < -0.39 is 0 Å². The number of aryl methyl sites for hydroxylation is 14. The molecule has 10 heteroatoms. The predicted molar refractivity (Wildman–Crippen MR) is 414 cm³/mol. The van der Waals surface area contributed by atoms with Gasteiger partial charge in [0.1, 0.15) is 22.4 Å². The second-order valence-electron chi connectivity index (χ2n) is 27.5. The summed E-state index contributed by atoms with van der Waals surface area (Å²) >= 11 is 0. The Balaban J connectivity index is 0.000000108. The fourth-order valence-electron chi connectivity index (χ4n) is 16.0. The average Bonchev–Trinajstić information content (AvgIpc) is 1.51. The standard InChI is InChI=1S/C23H21N2.C23H23N2.C22H20N3.C22H22N3/c1-14-13-15(2)21-17-9-5-6-10-18(17)25-20-12-8-7-11-19(20)24(4)23(25)22(21)16(14)3;1-16-14-17(2)18(3)20(15-16)23-24(4)21-12-8-9-13-22(21)25(23)19-10-6-5-7-11-19;1-13-12-14(2)19-16-8-5-6-9-17(16)25-21-18(10-7-11-23-21)24(4)22(25)20(19)15(13)3;1-15-13-16(2)17(3)19(14-15)22-24(4)20-11-8-12-23-21(20)25(22)18-9-6-5-7-10-18/h5-13H,1-4H3;5-15H,1-4H3;5-12H,1-4H3;5-14H,1-4H3/q4*+1. The van der Waals surface area contributed by atoms with Crippen LogP contribution in [0.3, 0.4) is 0 Å². The molecule has 8 aromatic heterocycles. The molecule has 492 valence electrons. The number of aromatic nitrogens is 10. The fraction of sp³-hybridized carbons (Fsp3) is 0.178. The number of nitrogens with zero attached hydrogens (tertiary/aromatic N) is 10. The van der Waals surface area contributed by atoms with E-state index in [1.807, 2.05) is 30.6 Å². The molecule has 10 aromatic carbocycles. The Morgan fingerprint density at radius 1 is 0.280 bits per heavy atom. The molecule has 0 unspecified atom stereocenters. The van der Waals surface area contributed by atoms with Crippen molar-refractivity contribution in [2.45, 2.75) is 83.1 Å². The van der Waals surface area contributed by atoms with Gasteiger partial charge >= 0.3 is 0 Å². The van der Waals surface area contributed by atoms with E-state index >= 15 is 0 Å². The van der Waals surface area contributed by atoms with E-state index in [1.165, 1.54) is 166 Å². The van der Waals surface area contributed by atoms with Crippen LogP contribution in [0.2, 0.25) is 0 Å². The first-order valence-electron chi connectivity index (χ1n) is 34.7. The molecule has 0 atom stereocenters. The first kappa shape index (κ1) is 64.4. The van der Waals surface area contributed by atoms with Crippen molar-refractivity contribution in [3.8, 4) is 34.2 Å². The van der Waals surface area contributed by atoms with Crippen molar-refractivity contribution in [2.24, 2.45) is 28.2 Å². The zero-order valence-electron chi connectivity index (χ0n) is 60.4. The molecule has 100 heavy (non-hydrogen) atoms. The van der Waals surface area contributed by atoms with Gasteiger partial charge in [-0.25, -0.2) is 28.2 Å². The maximum absolute atomic E-state index is 4.70. The van der Waals surface area contributed by atoms with E-state index in [9.17, 15) is 0 Å². The first-order valence-corrected chi connectivity index (χ1v) is 34.7. The van der Waals surface area contributed by atoms with E-state index in [4.69, 9.17) is 4.98 Å². The summed E-state index contributed by atoms with van der Waals surface area (Å²) in [5, 5.41) is 8.04. The lowest BCUT2D eigenvalue weighted by molar-refractivity contribution is -0.634. The van der Waals surface area contributed by atoms with Crippen molar-refractivity contribution in [1.82, 2.24) is 27.9 Å². The van der Waals surface area contributed by atoms with Crippen molar-refractivity contribution in [3.05, 3.63) is 298 Å². The number of hydrogen-bond acceptors (Lipinski definition) is 2.